The van der Waals surface area contributed by atoms with Crippen molar-refractivity contribution in [2.75, 3.05) is 13.2 Å². The zero-order valence-corrected chi connectivity index (χ0v) is 55.5. The lowest BCUT2D eigenvalue weighted by Crippen LogP contribution is -2.45. The lowest BCUT2D eigenvalue weighted by molar-refractivity contribution is -0.143. The Labute approximate surface area is 513 Å². The second-order valence-electron chi connectivity index (χ2n) is 25.6. The van der Waals surface area contributed by atoms with Gasteiger partial charge in [-0.25, -0.2) is 0 Å². The summed E-state index contributed by atoms with van der Waals surface area (Å²) in [6.45, 7) is 4.92. The second-order valence-corrected chi connectivity index (χ2v) is 25.6. The van der Waals surface area contributed by atoms with Crippen molar-refractivity contribution in [1.29, 1.82) is 0 Å². The highest BCUT2D eigenvalue weighted by molar-refractivity contribution is 5.76. The van der Waals surface area contributed by atoms with Gasteiger partial charge in [0.15, 0.2) is 0 Å². The first-order chi connectivity index (χ1) is 40.5. The fourth-order valence-corrected chi connectivity index (χ4v) is 11.7. The maximum absolute atomic E-state index is 12.5. The molecule has 0 heterocycles. The summed E-state index contributed by atoms with van der Waals surface area (Å²) in [5.41, 5.74) is 0. The van der Waals surface area contributed by atoms with E-state index in [4.69, 9.17) is 4.74 Å². The van der Waals surface area contributed by atoms with Crippen molar-refractivity contribution in [3.05, 3.63) is 36.5 Å². The molecule has 6 heteroatoms. The molecule has 484 valence electrons. The number of carbonyl (C=O) groups is 2. The van der Waals surface area contributed by atoms with Gasteiger partial charge in [-0.15, -0.1) is 0 Å². The molecule has 2 atom stereocenters. The van der Waals surface area contributed by atoms with Gasteiger partial charge in [-0.2, -0.15) is 0 Å². The van der Waals surface area contributed by atoms with Gasteiger partial charge in [-0.1, -0.05) is 371 Å². The Kier molecular flexibility index (Phi) is 69.9. The molecule has 0 aliphatic heterocycles. The summed E-state index contributed by atoms with van der Waals surface area (Å²) in [5.74, 6) is -0.0480. The van der Waals surface area contributed by atoms with Gasteiger partial charge in [-0.3, -0.25) is 9.59 Å². The first kappa shape index (κ1) is 80.1. The number of rotatable bonds is 70. The van der Waals surface area contributed by atoms with Crippen molar-refractivity contribution >= 4 is 11.9 Å². The molecule has 0 fully saturated rings. The Morgan fingerprint density at radius 1 is 0.341 bits per heavy atom. The molecule has 0 aliphatic rings. The summed E-state index contributed by atoms with van der Waals surface area (Å²) >= 11 is 0. The number of amides is 1. The monoisotopic (exact) mass is 1150 g/mol. The van der Waals surface area contributed by atoms with Gasteiger partial charge in [-0.05, 0) is 64.2 Å². The molecule has 0 rings (SSSR count). The van der Waals surface area contributed by atoms with Crippen LogP contribution in [0.3, 0.4) is 0 Å². The number of hydrogen-bond donors (Lipinski definition) is 3. The molecule has 0 saturated heterocycles. The maximum atomic E-state index is 12.5. The van der Waals surface area contributed by atoms with E-state index in [1.54, 1.807) is 6.08 Å². The molecule has 0 radical (unpaired) electrons. The van der Waals surface area contributed by atoms with Crippen LogP contribution < -0.4 is 5.32 Å². The number of hydrogen-bond acceptors (Lipinski definition) is 5. The third-order valence-electron chi connectivity index (χ3n) is 17.4. The Morgan fingerprint density at radius 2 is 0.610 bits per heavy atom. The van der Waals surface area contributed by atoms with Crippen LogP contribution in [0.1, 0.15) is 412 Å². The predicted molar refractivity (Wildman–Crippen MR) is 361 cm³/mol. The molecule has 6 nitrogen and oxygen atoms in total. The van der Waals surface area contributed by atoms with Gasteiger partial charge in [0.2, 0.25) is 5.91 Å². The Morgan fingerprint density at radius 3 is 0.939 bits per heavy atom. The Bertz CT molecular complexity index is 1330. The molecular weight excluding hydrogens is 1010 g/mol. The van der Waals surface area contributed by atoms with E-state index in [0.29, 0.717) is 19.4 Å². The fourth-order valence-electron chi connectivity index (χ4n) is 11.7. The number of allylic oxidation sites excluding steroid dienone is 5. The van der Waals surface area contributed by atoms with E-state index in [0.717, 1.165) is 51.4 Å². The van der Waals surface area contributed by atoms with E-state index in [1.165, 1.54) is 334 Å². The number of unbranched alkanes of at least 4 members (excludes halogenated alkanes) is 55. The van der Waals surface area contributed by atoms with Crippen molar-refractivity contribution < 1.29 is 24.5 Å². The molecule has 3 N–H and O–H groups in total. The minimum Gasteiger partial charge on any atom is -0.466 e. The zero-order valence-electron chi connectivity index (χ0n) is 55.5. The van der Waals surface area contributed by atoms with Crippen LogP contribution in [0.5, 0.6) is 0 Å². The summed E-state index contributed by atoms with van der Waals surface area (Å²) in [6, 6.07) is -0.625. The predicted octanol–water partition coefficient (Wildman–Crippen LogP) is 24.3. The number of aliphatic hydroxyl groups is 2. The summed E-state index contributed by atoms with van der Waals surface area (Å²) < 4.78 is 5.51. The zero-order chi connectivity index (χ0) is 59.2. The van der Waals surface area contributed by atoms with Gasteiger partial charge in [0.1, 0.15) is 0 Å². The maximum Gasteiger partial charge on any atom is 0.305 e. The van der Waals surface area contributed by atoms with Crippen molar-refractivity contribution in [1.82, 2.24) is 5.32 Å². The van der Waals surface area contributed by atoms with E-state index in [9.17, 15) is 19.8 Å². The van der Waals surface area contributed by atoms with E-state index >= 15 is 0 Å². The molecule has 0 aliphatic carbocycles. The standard InChI is InChI=1S/C76H145NO5/c1-3-5-7-9-11-13-15-17-19-21-38-42-46-50-54-58-62-66-70-76(81)82-71-67-63-59-55-51-47-43-39-35-33-31-29-27-25-23-22-24-26-28-30-32-34-37-41-45-49-53-57-61-65-69-75(80)77-73(72-78)74(79)68-64-60-56-52-48-44-40-36-20-18-16-14-12-10-8-6-4-2/h13,15,19,21,64,68,73-74,78-79H,3-12,14,16-18,20,22-63,65-67,69-72H2,1-2H3,(H,77,80)/b15-13-,21-19-,68-64+. The highest BCUT2D eigenvalue weighted by atomic mass is 16.5. The summed E-state index contributed by atoms with van der Waals surface area (Å²) in [4.78, 5) is 24.6. The highest BCUT2D eigenvalue weighted by Gasteiger charge is 2.18. The normalized spacial score (nSPS) is 12.7. The molecule has 0 aromatic rings. The van der Waals surface area contributed by atoms with E-state index < -0.39 is 12.1 Å². The van der Waals surface area contributed by atoms with Crippen molar-refractivity contribution in [3.8, 4) is 0 Å². The highest BCUT2D eigenvalue weighted by Crippen LogP contribution is 2.19. The first-order valence-electron chi connectivity index (χ1n) is 37.3. The van der Waals surface area contributed by atoms with Crippen LogP contribution in [0.25, 0.3) is 0 Å². The summed E-state index contributed by atoms with van der Waals surface area (Å²) in [6.07, 6.45) is 92.4. The lowest BCUT2D eigenvalue weighted by Gasteiger charge is -2.20. The fraction of sp³-hybridized carbons (Fsp3) is 0.895. The molecule has 0 aromatic heterocycles. The van der Waals surface area contributed by atoms with Gasteiger partial charge in [0, 0.05) is 12.8 Å². The minimum atomic E-state index is -0.842. The van der Waals surface area contributed by atoms with Crippen molar-refractivity contribution in [2.45, 2.75) is 424 Å². The van der Waals surface area contributed by atoms with Crippen LogP contribution in [-0.4, -0.2) is 47.4 Å². The van der Waals surface area contributed by atoms with Gasteiger partial charge in [0.05, 0.1) is 25.4 Å². The molecule has 0 spiro atoms. The molecule has 0 bridgehead atoms. The number of nitrogens with one attached hydrogen (secondary N) is 1. The molecule has 82 heavy (non-hydrogen) atoms. The third kappa shape index (κ3) is 67.2. The average molecular weight is 1150 g/mol. The average Bonchev–Trinajstić information content (AvgIpc) is 3.48. The molecule has 0 saturated carbocycles. The number of aliphatic hydroxyl groups excluding tert-OH is 2. The Balaban J connectivity index is 3.34. The van der Waals surface area contributed by atoms with E-state index in [2.05, 4.69) is 43.5 Å². The molecule has 0 aromatic carbocycles. The summed E-state index contributed by atoms with van der Waals surface area (Å²) in [7, 11) is 0. The Hall–Kier alpha value is -1.92. The minimum absolute atomic E-state index is 0.0130. The first-order valence-corrected chi connectivity index (χ1v) is 37.3. The SMILES string of the molecule is CCCCCC/C=C\C/C=C\CCCCCCCCCC(=O)OCCCCCCCCCCCCCCCCCCCCCCCCCCCCCCCCC(=O)NC(CO)C(O)/C=C/CCCCCCCCCCCCCCCCC. The topological polar surface area (TPSA) is 95.9 Å². The van der Waals surface area contributed by atoms with Gasteiger partial charge >= 0.3 is 5.97 Å². The van der Waals surface area contributed by atoms with Crippen molar-refractivity contribution in [3.63, 3.8) is 0 Å². The van der Waals surface area contributed by atoms with Crippen LogP contribution in [-0.2, 0) is 14.3 Å². The lowest BCUT2D eigenvalue weighted by atomic mass is 10.0. The summed E-state index contributed by atoms with van der Waals surface area (Å²) in [5, 5.41) is 23.2. The molecule has 2 unspecified atom stereocenters. The van der Waals surface area contributed by atoms with Gasteiger partial charge < -0.3 is 20.3 Å². The van der Waals surface area contributed by atoms with Crippen LogP contribution >= 0.6 is 0 Å². The molecule has 1 amide bonds. The van der Waals surface area contributed by atoms with Crippen LogP contribution in [0.4, 0.5) is 0 Å². The van der Waals surface area contributed by atoms with Crippen LogP contribution in [0, 0.1) is 0 Å². The number of ether oxygens (including phenoxy) is 1. The van der Waals surface area contributed by atoms with E-state index in [1.807, 2.05) is 6.08 Å². The largest absolute Gasteiger partial charge is 0.466 e. The molecular formula is C76H145NO5. The third-order valence-corrected chi connectivity index (χ3v) is 17.4. The number of carbonyl (C=O) groups excluding carboxylic acids is 2. The quantitative estimate of drug-likeness (QED) is 0.0320. The second kappa shape index (κ2) is 71.6. The van der Waals surface area contributed by atoms with E-state index in [-0.39, 0.29) is 18.5 Å². The smallest absolute Gasteiger partial charge is 0.305 e. The van der Waals surface area contributed by atoms with Crippen LogP contribution in [0.2, 0.25) is 0 Å². The van der Waals surface area contributed by atoms with Crippen molar-refractivity contribution in [2.24, 2.45) is 0 Å². The van der Waals surface area contributed by atoms with Gasteiger partial charge in [0.25, 0.3) is 0 Å². The van der Waals surface area contributed by atoms with Crippen LogP contribution in [0.15, 0.2) is 36.5 Å². The number of esters is 1.